The molecule has 4 nitrogen and oxygen atoms in total. The Hall–Kier alpha value is -0.710. The van der Waals surface area contributed by atoms with Crippen molar-refractivity contribution in [2.24, 2.45) is 0 Å². The lowest BCUT2D eigenvalue weighted by atomic mass is 10.1. The molecule has 0 aromatic heterocycles. The SMILES string of the molecule is COC(=O)[C@@]1(C)CSC(=O)N1. The highest BCUT2D eigenvalue weighted by Crippen LogP contribution is 2.23. The first-order chi connectivity index (χ1) is 5.08. The Kier molecular flexibility index (Phi) is 2.08. The highest BCUT2D eigenvalue weighted by molar-refractivity contribution is 8.14. The molecular formula is C6H9NO3S. The standard InChI is InChI=1S/C6H9NO3S/c1-6(4(8)10-2)3-11-5(9)7-6/h3H2,1-2H3,(H,7,9)/t6-/m1/s1. The first-order valence-corrected chi connectivity index (χ1v) is 4.10. The van der Waals surface area contributed by atoms with Crippen LogP contribution in [-0.4, -0.2) is 29.6 Å². The highest BCUT2D eigenvalue weighted by atomic mass is 32.2. The summed E-state index contributed by atoms with van der Waals surface area (Å²) in [6.07, 6.45) is 0. The van der Waals surface area contributed by atoms with Gasteiger partial charge in [-0.3, -0.25) is 4.79 Å². The van der Waals surface area contributed by atoms with Crippen molar-refractivity contribution in [3.05, 3.63) is 0 Å². The van der Waals surface area contributed by atoms with Crippen molar-refractivity contribution in [3.8, 4) is 0 Å². The number of thioether (sulfide) groups is 1. The summed E-state index contributed by atoms with van der Waals surface area (Å²) < 4.78 is 4.52. The molecule has 1 saturated heterocycles. The second kappa shape index (κ2) is 2.73. The number of nitrogens with one attached hydrogen (secondary N) is 1. The third-order valence-electron chi connectivity index (χ3n) is 1.51. The number of hydrogen-bond donors (Lipinski definition) is 1. The quantitative estimate of drug-likeness (QED) is 0.585. The van der Waals surface area contributed by atoms with E-state index in [1.54, 1.807) is 6.92 Å². The van der Waals surface area contributed by atoms with E-state index >= 15 is 0 Å². The monoisotopic (exact) mass is 175 g/mol. The predicted octanol–water partition coefficient (Wildman–Crippen LogP) is 0.374. The molecule has 0 radical (unpaired) electrons. The van der Waals surface area contributed by atoms with Crippen LogP contribution in [0, 0.1) is 0 Å². The molecule has 1 atom stereocenters. The van der Waals surface area contributed by atoms with Crippen LogP contribution < -0.4 is 5.32 Å². The maximum atomic E-state index is 11.0. The van der Waals surface area contributed by atoms with Crippen LogP contribution in [0.4, 0.5) is 4.79 Å². The van der Waals surface area contributed by atoms with E-state index < -0.39 is 11.5 Å². The first kappa shape index (κ1) is 8.39. The van der Waals surface area contributed by atoms with E-state index in [-0.39, 0.29) is 5.24 Å². The Morgan fingerprint density at radius 1 is 1.82 bits per heavy atom. The number of esters is 1. The number of carbonyl (C=O) groups is 2. The van der Waals surface area contributed by atoms with E-state index in [9.17, 15) is 9.59 Å². The molecule has 0 spiro atoms. The third kappa shape index (κ3) is 1.48. The van der Waals surface area contributed by atoms with Crippen LogP contribution in [-0.2, 0) is 9.53 Å². The molecule has 1 amide bonds. The van der Waals surface area contributed by atoms with Crippen molar-refractivity contribution in [1.29, 1.82) is 0 Å². The second-order valence-electron chi connectivity index (χ2n) is 2.52. The van der Waals surface area contributed by atoms with Crippen LogP contribution in [0.2, 0.25) is 0 Å². The van der Waals surface area contributed by atoms with Crippen LogP contribution in [0.1, 0.15) is 6.92 Å². The summed E-state index contributed by atoms with van der Waals surface area (Å²) in [5.41, 5.74) is -0.823. The molecule has 0 unspecified atom stereocenters. The van der Waals surface area contributed by atoms with Gasteiger partial charge in [0, 0.05) is 5.75 Å². The van der Waals surface area contributed by atoms with E-state index in [1.807, 2.05) is 0 Å². The first-order valence-electron chi connectivity index (χ1n) is 3.12. The van der Waals surface area contributed by atoms with Crippen LogP contribution in [0.3, 0.4) is 0 Å². The number of amides is 1. The molecule has 0 saturated carbocycles. The van der Waals surface area contributed by atoms with Gasteiger partial charge in [0.1, 0.15) is 5.54 Å². The molecule has 1 aliphatic heterocycles. The Morgan fingerprint density at radius 3 is 2.82 bits per heavy atom. The summed E-state index contributed by atoms with van der Waals surface area (Å²) in [4.78, 5) is 21.8. The largest absolute Gasteiger partial charge is 0.467 e. The van der Waals surface area contributed by atoms with Gasteiger partial charge in [0.05, 0.1) is 7.11 Å². The van der Waals surface area contributed by atoms with Gasteiger partial charge in [0.2, 0.25) is 0 Å². The van der Waals surface area contributed by atoms with E-state index in [0.29, 0.717) is 5.75 Å². The van der Waals surface area contributed by atoms with E-state index in [0.717, 1.165) is 11.8 Å². The molecule has 62 valence electrons. The van der Waals surface area contributed by atoms with Gasteiger partial charge in [-0.15, -0.1) is 0 Å². The van der Waals surface area contributed by atoms with Gasteiger partial charge in [-0.2, -0.15) is 0 Å². The maximum absolute atomic E-state index is 11.0. The Morgan fingerprint density at radius 2 is 2.45 bits per heavy atom. The third-order valence-corrected chi connectivity index (χ3v) is 2.59. The van der Waals surface area contributed by atoms with Crippen molar-refractivity contribution >= 4 is 23.0 Å². The van der Waals surface area contributed by atoms with Gasteiger partial charge in [0.25, 0.3) is 5.24 Å². The predicted molar refractivity (Wildman–Crippen MR) is 41.4 cm³/mol. The van der Waals surface area contributed by atoms with Gasteiger partial charge in [-0.05, 0) is 6.92 Å². The smallest absolute Gasteiger partial charge is 0.332 e. The molecule has 0 bridgehead atoms. The molecule has 0 aliphatic carbocycles. The number of ether oxygens (including phenoxy) is 1. The second-order valence-corrected chi connectivity index (χ2v) is 3.47. The molecule has 1 fully saturated rings. The number of carbonyl (C=O) groups excluding carboxylic acids is 2. The Bertz CT molecular complexity index is 206. The summed E-state index contributed by atoms with van der Waals surface area (Å²) in [6.45, 7) is 1.65. The molecule has 1 rings (SSSR count). The lowest BCUT2D eigenvalue weighted by Gasteiger charge is -2.18. The lowest BCUT2D eigenvalue weighted by molar-refractivity contribution is -0.146. The minimum Gasteiger partial charge on any atom is -0.467 e. The fourth-order valence-electron chi connectivity index (χ4n) is 0.843. The van der Waals surface area contributed by atoms with Crippen LogP contribution in [0.15, 0.2) is 0 Å². The lowest BCUT2D eigenvalue weighted by Crippen LogP contribution is -2.48. The van der Waals surface area contributed by atoms with Crippen molar-refractivity contribution < 1.29 is 14.3 Å². The van der Waals surface area contributed by atoms with Crippen LogP contribution in [0.5, 0.6) is 0 Å². The highest BCUT2D eigenvalue weighted by Gasteiger charge is 2.41. The maximum Gasteiger partial charge on any atom is 0.332 e. The van der Waals surface area contributed by atoms with Crippen molar-refractivity contribution in [2.45, 2.75) is 12.5 Å². The average Bonchev–Trinajstić information content (AvgIpc) is 2.31. The Labute approximate surface area is 68.7 Å². The fraction of sp³-hybridized carbons (Fsp3) is 0.667. The molecular weight excluding hydrogens is 166 g/mol. The summed E-state index contributed by atoms with van der Waals surface area (Å²) in [7, 11) is 1.31. The molecule has 11 heavy (non-hydrogen) atoms. The summed E-state index contributed by atoms with van der Waals surface area (Å²) in [5.74, 6) is 0.0502. The fourth-order valence-corrected chi connectivity index (χ4v) is 1.75. The van der Waals surface area contributed by atoms with Gasteiger partial charge >= 0.3 is 5.97 Å². The Balaban J connectivity index is 2.69. The normalized spacial score (nSPS) is 29.8. The van der Waals surface area contributed by atoms with Gasteiger partial charge in [0.15, 0.2) is 0 Å². The van der Waals surface area contributed by atoms with Gasteiger partial charge in [-0.25, -0.2) is 4.79 Å². The molecule has 1 heterocycles. The summed E-state index contributed by atoms with van der Waals surface area (Å²) >= 11 is 1.10. The van der Waals surface area contributed by atoms with Crippen molar-refractivity contribution in [3.63, 3.8) is 0 Å². The van der Waals surface area contributed by atoms with Crippen LogP contribution >= 0.6 is 11.8 Å². The summed E-state index contributed by atoms with van der Waals surface area (Å²) in [6, 6.07) is 0. The minimum atomic E-state index is -0.823. The van der Waals surface area contributed by atoms with E-state index in [1.165, 1.54) is 7.11 Å². The van der Waals surface area contributed by atoms with Crippen molar-refractivity contribution in [1.82, 2.24) is 5.32 Å². The molecule has 1 aliphatic rings. The van der Waals surface area contributed by atoms with E-state index in [4.69, 9.17) is 0 Å². The molecule has 1 N–H and O–H groups in total. The zero-order valence-electron chi connectivity index (χ0n) is 6.34. The molecule has 5 heteroatoms. The summed E-state index contributed by atoms with van der Waals surface area (Å²) in [5, 5.41) is 2.36. The van der Waals surface area contributed by atoms with Crippen LogP contribution in [0.25, 0.3) is 0 Å². The van der Waals surface area contributed by atoms with E-state index in [2.05, 4.69) is 10.1 Å². The zero-order chi connectivity index (χ0) is 8.48. The number of hydrogen-bond acceptors (Lipinski definition) is 4. The molecule has 0 aromatic carbocycles. The number of rotatable bonds is 1. The van der Waals surface area contributed by atoms with Gasteiger partial charge < -0.3 is 10.1 Å². The zero-order valence-corrected chi connectivity index (χ0v) is 7.16. The molecule has 0 aromatic rings. The van der Waals surface area contributed by atoms with Crippen molar-refractivity contribution in [2.75, 3.05) is 12.9 Å². The topological polar surface area (TPSA) is 55.4 Å². The average molecular weight is 175 g/mol. The van der Waals surface area contributed by atoms with Gasteiger partial charge in [-0.1, -0.05) is 11.8 Å². The number of methoxy groups -OCH3 is 1. The minimum absolute atomic E-state index is 0.169.